The molecule has 3 aromatic rings. The van der Waals surface area contributed by atoms with Crippen LogP contribution in [0, 0.1) is 0 Å². The van der Waals surface area contributed by atoms with E-state index in [0.717, 1.165) is 36.2 Å². The Labute approximate surface area is 184 Å². The van der Waals surface area contributed by atoms with E-state index in [4.69, 9.17) is 16.3 Å². The number of aryl methyl sites for hydroxylation is 1. The van der Waals surface area contributed by atoms with Crippen molar-refractivity contribution in [1.29, 1.82) is 0 Å². The molecule has 0 bridgehead atoms. The quantitative estimate of drug-likeness (QED) is 0.547. The van der Waals surface area contributed by atoms with Crippen molar-refractivity contribution in [1.82, 2.24) is 15.3 Å². The summed E-state index contributed by atoms with van der Waals surface area (Å²) in [6, 6.07) is 12.2. The zero-order valence-electron chi connectivity index (χ0n) is 16.6. The number of amides is 1. The maximum absolute atomic E-state index is 11.5. The number of hydrogen-bond donors (Lipinski definition) is 3. The third-order valence-electron chi connectivity index (χ3n) is 6.20. The molecule has 0 radical (unpaired) electrons. The van der Waals surface area contributed by atoms with Crippen molar-refractivity contribution in [2.45, 2.75) is 37.8 Å². The van der Waals surface area contributed by atoms with E-state index in [0.29, 0.717) is 16.8 Å². The van der Waals surface area contributed by atoms with E-state index in [1.165, 1.54) is 23.1 Å². The minimum Gasteiger partial charge on any atom is -0.443 e. The second-order valence-corrected chi connectivity index (χ2v) is 8.53. The number of aromatic nitrogens is 2. The topological polar surface area (TPSA) is 88.2 Å². The van der Waals surface area contributed by atoms with Gasteiger partial charge in [0, 0.05) is 17.8 Å². The SMILES string of the molecule is O=C1N[C@H]2c3cc(Nc4ncc(Cl)c(Nc5cccc6c5CCC6)n4)ccc3C[C@H]2O1. The predicted molar refractivity (Wildman–Crippen MR) is 118 cm³/mol. The number of fused-ring (bicyclic) bond motifs is 4. The van der Waals surface area contributed by atoms with E-state index >= 15 is 0 Å². The van der Waals surface area contributed by atoms with Crippen LogP contribution in [0.25, 0.3) is 0 Å². The molecule has 3 aliphatic rings. The summed E-state index contributed by atoms with van der Waals surface area (Å²) in [7, 11) is 0. The number of carbonyl (C=O) groups excluding carboxylic acids is 1. The number of nitrogens with zero attached hydrogens (tertiary/aromatic N) is 2. The first kappa shape index (κ1) is 18.4. The van der Waals surface area contributed by atoms with Crippen LogP contribution >= 0.6 is 11.6 Å². The van der Waals surface area contributed by atoms with Gasteiger partial charge in [-0.25, -0.2) is 9.78 Å². The van der Waals surface area contributed by atoms with E-state index in [1.807, 2.05) is 18.2 Å². The van der Waals surface area contributed by atoms with Crippen molar-refractivity contribution in [3.8, 4) is 0 Å². The Morgan fingerprint density at radius 2 is 2.06 bits per heavy atom. The molecule has 156 valence electrons. The summed E-state index contributed by atoms with van der Waals surface area (Å²) in [4.78, 5) is 20.5. The van der Waals surface area contributed by atoms with Gasteiger partial charge in [-0.05, 0) is 59.7 Å². The highest BCUT2D eigenvalue weighted by Crippen LogP contribution is 2.38. The molecule has 3 N–H and O–H groups in total. The number of anilines is 4. The Hall–Kier alpha value is -3.32. The Morgan fingerprint density at radius 3 is 3.00 bits per heavy atom. The molecule has 6 rings (SSSR count). The highest BCUT2D eigenvalue weighted by atomic mass is 35.5. The molecule has 1 amide bonds. The molecule has 0 spiro atoms. The highest BCUT2D eigenvalue weighted by molar-refractivity contribution is 6.32. The van der Waals surface area contributed by atoms with E-state index in [9.17, 15) is 4.79 Å². The van der Waals surface area contributed by atoms with E-state index in [2.05, 4.69) is 44.1 Å². The molecule has 1 saturated heterocycles. The number of hydrogen-bond acceptors (Lipinski definition) is 6. The summed E-state index contributed by atoms with van der Waals surface area (Å²) in [5, 5.41) is 9.99. The molecule has 31 heavy (non-hydrogen) atoms. The molecule has 1 aliphatic heterocycles. The van der Waals surface area contributed by atoms with Gasteiger partial charge in [-0.1, -0.05) is 29.8 Å². The molecule has 0 unspecified atom stereocenters. The van der Waals surface area contributed by atoms with Gasteiger partial charge >= 0.3 is 6.09 Å². The van der Waals surface area contributed by atoms with Gasteiger partial charge < -0.3 is 20.7 Å². The summed E-state index contributed by atoms with van der Waals surface area (Å²) in [5.41, 5.74) is 6.84. The second kappa shape index (κ2) is 7.13. The van der Waals surface area contributed by atoms with Gasteiger partial charge in [-0.15, -0.1) is 0 Å². The largest absolute Gasteiger partial charge is 0.443 e. The summed E-state index contributed by atoms with van der Waals surface area (Å²) < 4.78 is 5.32. The van der Waals surface area contributed by atoms with Crippen molar-refractivity contribution >= 4 is 40.8 Å². The van der Waals surface area contributed by atoms with Gasteiger partial charge in [0.15, 0.2) is 5.82 Å². The van der Waals surface area contributed by atoms with Gasteiger partial charge in [0.05, 0.1) is 12.2 Å². The highest BCUT2D eigenvalue weighted by Gasteiger charge is 2.41. The van der Waals surface area contributed by atoms with Gasteiger partial charge in [0.25, 0.3) is 0 Å². The molecule has 2 aromatic carbocycles. The Balaban J connectivity index is 1.26. The van der Waals surface area contributed by atoms with Crippen LogP contribution in [0.3, 0.4) is 0 Å². The smallest absolute Gasteiger partial charge is 0.408 e. The fraction of sp³-hybridized carbons (Fsp3) is 0.261. The van der Waals surface area contributed by atoms with Crippen LogP contribution in [0.2, 0.25) is 5.02 Å². The summed E-state index contributed by atoms with van der Waals surface area (Å²) in [6.07, 6.45) is 5.17. The fourth-order valence-electron chi connectivity index (χ4n) is 4.77. The van der Waals surface area contributed by atoms with Crippen LogP contribution < -0.4 is 16.0 Å². The lowest BCUT2D eigenvalue weighted by atomic mass is 10.1. The normalized spacial score (nSPS) is 20.5. The lowest BCUT2D eigenvalue weighted by Crippen LogP contribution is -2.18. The maximum atomic E-state index is 11.5. The molecule has 2 heterocycles. The first-order chi connectivity index (χ1) is 15.1. The first-order valence-electron chi connectivity index (χ1n) is 10.4. The number of nitrogens with one attached hydrogen (secondary N) is 3. The maximum Gasteiger partial charge on any atom is 0.408 e. The Morgan fingerprint density at radius 1 is 1.13 bits per heavy atom. The average molecular weight is 434 g/mol. The van der Waals surface area contributed by atoms with E-state index < -0.39 is 0 Å². The standard InChI is InChI=1S/C23H20ClN5O2/c24-17-11-25-22(29-21(17)27-18-6-2-4-12-3-1-5-15(12)18)26-14-8-7-13-9-19-20(16(13)10-14)28-23(30)31-19/h2,4,6-8,10-11,19-20H,1,3,5,9H2,(H,28,30)(H2,25,26,27,29)/t19-,20+/m1/s1. The van der Waals surface area contributed by atoms with Crippen molar-refractivity contribution in [3.63, 3.8) is 0 Å². The molecular formula is C23H20ClN5O2. The second-order valence-electron chi connectivity index (χ2n) is 8.12. The van der Waals surface area contributed by atoms with Crippen LogP contribution in [-0.2, 0) is 24.0 Å². The summed E-state index contributed by atoms with van der Waals surface area (Å²) in [5.74, 6) is 1.01. The van der Waals surface area contributed by atoms with Gasteiger partial charge in [0.1, 0.15) is 11.1 Å². The molecule has 8 heteroatoms. The Kier molecular flexibility index (Phi) is 4.24. The average Bonchev–Trinajstić information content (AvgIpc) is 3.45. The monoisotopic (exact) mass is 433 g/mol. The number of ether oxygens (including phenoxy) is 1. The zero-order valence-corrected chi connectivity index (χ0v) is 17.4. The van der Waals surface area contributed by atoms with Crippen molar-refractivity contribution < 1.29 is 9.53 Å². The number of rotatable bonds is 4. The van der Waals surface area contributed by atoms with Gasteiger partial charge in [-0.3, -0.25) is 0 Å². The number of carbonyl (C=O) groups is 1. The van der Waals surface area contributed by atoms with E-state index in [-0.39, 0.29) is 18.2 Å². The third kappa shape index (κ3) is 3.25. The lowest BCUT2D eigenvalue weighted by molar-refractivity contribution is 0.136. The summed E-state index contributed by atoms with van der Waals surface area (Å²) in [6.45, 7) is 0. The van der Waals surface area contributed by atoms with Crippen LogP contribution in [-0.4, -0.2) is 22.2 Å². The number of halogens is 1. The van der Waals surface area contributed by atoms with Gasteiger partial charge in [0.2, 0.25) is 5.95 Å². The predicted octanol–water partition coefficient (Wildman–Crippen LogP) is 4.81. The van der Waals surface area contributed by atoms with Crippen LogP contribution in [0.15, 0.2) is 42.6 Å². The minimum atomic E-state index is -0.358. The van der Waals surface area contributed by atoms with Crippen molar-refractivity contribution in [2.24, 2.45) is 0 Å². The number of benzene rings is 2. The molecule has 2 aliphatic carbocycles. The lowest BCUT2D eigenvalue weighted by Gasteiger charge is -2.14. The van der Waals surface area contributed by atoms with Crippen molar-refractivity contribution in [2.75, 3.05) is 10.6 Å². The van der Waals surface area contributed by atoms with Crippen LogP contribution in [0.5, 0.6) is 0 Å². The van der Waals surface area contributed by atoms with Crippen LogP contribution in [0.1, 0.15) is 34.7 Å². The van der Waals surface area contributed by atoms with Gasteiger partial charge in [-0.2, -0.15) is 4.98 Å². The Bertz CT molecular complexity index is 1210. The molecule has 7 nitrogen and oxygen atoms in total. The minimum absolute atomic E-state index is 0.104. The fourth-order valence-corrected chi connectivity index (χ4v) is 4.91. The zero-order chi connectivity index (χ0) is 20.9. The molecule has 1 aromatic heterocycles. The molecule has 2 atom stereocenters. The molecular weight excluding hydrogens is 414 g/mol. The van der Waals surface area contributed by atoms with Crippen molar-refractivity contribution in [3.05, 3.63) is 69.9 Å². The third-order valence-corrected chi connectivity index (χ3v) is 6.48. The number of alkyl carbamates (subject to hydrolysis) is 1. The van der Waals surface area contributed by atoms with E-state index in [1.54, 1.807) is 6.20 Å². The molecule has 1 fully saturated rings. The molecule has 0 saturated carbocycles. The first-order valence-corrected chi connectivity index (χ1v) is 10.8. The summed E-state index contributed by atoms with van der Waals surface area (Å²) >= 11 is 6.38. The van der Waals surface area contributed by atoms with Crippen LogP contribution in [0.4, 0.5) is 27.9 Å².